The third-order valence-electron chi connectivity index (χ3n) is 2.48. The van der Waals surface area contributed by atoms with Gasteiger partial charge in [-0.2, -0.15) is 0 Å². The fourth-order valence-electron chi connectivity index (χ4n) is 1.67. The van der Waals surface area contributed by atoms with Gasteiger partial charge in [0.1, 0.15) is 11.6 Å². The van der Waals surface area contributed by atoms with Gasteiger partial charge in [-0.05, 0) is 24.3 Å². The Morgan fingerprint density at radius 3 is 2.47 bits per heavy atom. The maximum atomic E-state index is 13.5. The molecule has 0 aliphatic rings. The zero-order valence-electron chi connectivity index (χ0n) is 10.2. The average molecular weight is 258 g/mol. The summed E-state index contributed by atoms with van der Waals surface area (Å²) in [6.07, 6.45) is 0. The zero-order chi connectivity index (χ0) is 13.8. The second kappa shape index (κ2) is 5.44. The highest BCUT2D eigenvalue weighted by molar-refractivity contribution is 6.09. The van der Waals surface area contributed by atoms with Crippen molar-refractivity contribution in [3.63, 3.8) is 0 Å². The minimum absolute atomic E-state index is 0.0116. The number of esters is 1. The minimum Gasteiger partial charge on any atom is -0.427 e. The summed E-state index contributed by atoms with van der Waals surface area (Å²) in [5.41, 5.74) is 0.256. The van der Waals surface area contributed by atoms with Crippen molar-refractivity contribution >= 4 is 11.8 Å². The topological polar surface area (TPSA) is 43.4 Å². The minimum atomic E-state index is -0.578. The molecule has 0 radical (unpaired) electrons. The molecule has 0 bridgehead atoms. The van der Waals surface area contributed by atoms with Gasteiger partial charge in [-0.15, -0.1) is 0 Å². The highest BCUT2D eigenvalue weighted by Gasteiger charge is 2.14. The van der Waals surface area contributed by atoms with E-state index in [1.807, 2.05) is 0 Å². The summed E-state index contributed by atoms with van der Waals surface area (Å²) in [6, 6.07) is 11.8. The molecule has 0 heterocycles. The first-order chi connectivity index (χ1) is 9.08. The molecule has 0 saturated heterocycles. The summed E-state index contributed by atoms with van der Waals surface area (Å²) < 4.78 is 18.4. The van der Waals surface area contributed by atoms with Gasteiger partial charge in [0, 0.05) is 12.5 Å². The fourth-order valence-corrected chi connectivity index (χ4v) is 1.67. The van der Waals surface area contributed by atoms with Crippen LogP contribution in [0.2, 0.25) is 0 Å². The highest BCUT2D eigenvalue weighted by Crippen LogP contribution is 2.18. The van der Waals surface area contributed by atoms with Crippen LogP contribution < -0.4 is 4.74 Å². The van der Waals surface area contributed by atoms with E-state index in [1.165, 1.54) is 31.2 Å². The van der Waals surface area contributed by atoms with E-state index >= 15 is 0 Å². The SMILES string of the molecule is CC(=O)Oc1cccc(C(=O)c2ccccc2F)c1. The predicted molar refractivity (Wildman–Crippen MR) is 67.6 cm³/mol. The number of hydrogen-bond donors (Lipinski definition) is 0. The molecule has 0 N–H and O–H groups in total. The molecule has 0 aliphatic carbocycles. The molecule has 2 aromatic carbocycles. The van der Waals surface area contributed by atoms with Gasteiger partial charge in [0.25, 0.3) is 0 Å². The van der Waals surface area contributed by atoms with Crippen molar-refractivity contribution in [3.05, 3.63) is 65.5 Å². The molecule has 19 heavy (non-hydrogen) atoms. The average Bonchev–Trinajstić information content (AvgIpc) is 2.38. The van der Waals surface area contributed by atoms with Crippen molar-refractivity contribution in [2.75, 3.05) is 0 Å². The molecule has 4 heteroatoms. The number of ketones is 1. The Kier molecular flexibility index (Phi) is 3.71. The molecule has 0 amide bonds. The summed E-state index contributed by atoms with van der Waals surface area (Å²) >= 11 is 0. The van der Waals surface area contributed by atoms with Crippen molar-refractivity contribution < 1.29 is 18.7 Å². The molecule has 0 spiro atoms. The Bertz CT molecular complexity index is 635. The molecule has 0 aromatic heterocycles. The van der Waals surface area contributed by atoms with Crippen molar-refractivity contribution in [2.24, 2.45) is 0 Å². The van der Waals surface area contributed by atoms with Crippen LogP contribution in [0.25, 0.3) is 0 Å². The van der Waals surface area contributed by atoms with E-state index in [4.69, 9.17) is 4.74 Å². The number of carbonyl (C=O) groups is 2. The molecule has 0 fully saturated rings. The lowest BCUT2D eigenvalue weighted by Gasteiger charge is -2.05. The van der Waals surface area contributed by atoms with Crippen LogP contribution in [0.3, 0.4) is 0 Å². The van der Waals surface area contributed by atoms with Crippen LogP contribution in [0, 0.1) is 5.82 Å². The first kappa shape index (κ1) is 13.0. The third kappa shape index (κ3) is 3.04. The summed E-state index contributed by atoms with van der Waals surface area (Å²) in [7, 11) is 0. The van der Waals surface area contributed by atoms with Gasteiger partial charge in [0.05, 0.1) is 5.56 Å². The van der Waals surface area contributed by atoms with Crippen LogP contribution in [0.4, 0.5) is 4.39 Å². The van der Waals surface area contributed by atoms with E-state index in [-0.39, 0.29) is 16.9 Å². The van der Waals surface area contributed by atoms with Gasteiger partial charge in [-0.25, -0.2) is 4.39 Å². The summed E-state index contributed by atoms with van der Waals surface area (Å²) in [5, 5.41) is 0. The molecule has 0 unspecified atom stereocenters. The summed E-state index contributed by atoms with van der Waals surface area (Å²) in [6.45, 7) is 1.27. The van der Waals surface area contributed by atoms with Crippen LogP contribution >= 0.6 is 0 Å². The smallest absolute Gasteiger partial charge is 0.308 e. The lowest BCUT2D eigenvalue weighted by atomic mass is 10.0. The first-order valence-corrected chi connectivity index (χ1v) is 5.65. The third-order valence-corrected chi connectivity index (χ3v) is 2.48. The highest BCUT2D eigenvalue weighted by atomic mass is 19.1. The fraction of sp³-hybridized carbons (Fsp3) is 0.0667. The van der Waals surface area contributed by atoms with Crippen molar-refractivity contribution in [2.45, 2.75) is 6.92 Å². The molecule has 0 saturated carbocycles. The van der Waals surface area contributed by atoms with E-state index in [9.17, 15) is 14.0 Å². The number of hydrogen-bond acceptors (Lipinski definition) is 3. The predicted octanol–water partition coefficient (Wildman–Crippen LogP) is 2.98. The Balaban J connectivity index is 2.34. The molecule has 96 valence electrons. The van der Waals surface area contributed by atoms with Crippen molar-refractivity contribution in [1.29, 1.82) is 0 Å². The molecule has 2 aromatic rings. The Morgan fingerprint density at radius 1 is 1.05 bits per heavy atom. The van der Waals surface area contributed by atoms with Gasteiger partial charge in [0.2, 0.25) is 0 Å². The monoisotopic (exact) mass is 258 g/mol. The molecule has 0 atom stereocenters. The van der Waals surface area contributed by atoms with Crippen molar-refractivity contribution in [1.82, 2.24) is 0 Å². The summed E-state index contributed by atoms with van der Waals surface area (Å²) in [5.74, 6) is -1.25. The Labute approximate surface area is 109 Å². The van der Waals surface area contributed by atoms with Gasteiger partial charge in [-0.1, -0.05) is 24.3 Å². The van der Waals surface area contributed by atoms with Crippen LogP contribution in [0.5, 0.6) is 5.75 Å². The number of ether oxygens (including phenoxy) is 1. The number of carbonyl (C=O) groups excluding carboxylic acids is 2. The van der Waals surface area contributed by atoms with Crippen LogP contribution in [-0.2, 0) is 4.79 Å². The van der Waals surface area contributed by atoms with E-state index in [1.54, 1.807) is 24.3 Å². The van der Waals surface area contributed by atoms with Gasteiger partial charge in [0.15, 0.2) is 5.78 Å². The lowest BCUT2D eigenvalue weighted by Crippen LogP contribution is -2.06. The molecule has 2 rings (SSSR count). The normalized spacial score (nSPS) is 10.0. The molecule has 3 nitrogen and oxygen atoms in total. The lowest BCUT2D eigenvalue weighted by molar-refractivity contribution is -0.131. The second-order valence-corrected chi connectivity index (χ2v) is 3.93. The zero-order valence-corrected chi connectivity index (χ0v) is 10.2. The quantitative estimate of drug-likeness (QED) is 0.483. The molecular weight excluding hydrogens is 247 g/mol. The largest absolute Gasteiger partial charge is 0.427 e. The Hall–Kier alpha value is -2.49. The Morgan fingerprint density at radius 2 is 1.79 bits per heavy atom. The standard InChI is InChI=1S/C15H11FO3/c1-10(17)19-12-6-4-5-11(9-12)15(18)13-7-2-3-8-14(13)16/h2-9H,1H3. The molecular formula is C15H11FO3. The van der Waals surface area contributed by atoms with Crippen LogP contribution in [0.1, 0.15) is 22.8 Å². The number of rotatable bonds is 3. The van der Waals surface area contributed by atoms with Crippen LogP contribution in [0.15, 0.2) is 48.5 Å². The van der Waals surface area contributed by atoms with E-state index in [0.29, 0.717) is 0 Å². The van der Waals surface area contributed by atoms with Crippen LogP contribution in [-0.4, -0.2) is 11.8 Å². The number of halogens is 1. The maximum Gasteiger partial charge on any atom is 0.308 e. The van der Waals surface area contributed by atoms with Crippen molar-refractivity contribution in [3.8, 4) is 5.75 Å². The van der Waals surface area contributed by atoms with Gasteiger partial charge in [-0.3, -0.25) is 9.59 Å². The summed E-state index contributed by atoms with van der Waals surface area (Å²) in [4.78, 5) is 23.0. The van der Waals surface area contributed by atoms with E-state index in [0.717, 1.165) is 0 Å². The first-order valence-electron chi connectivity index (χ1n) is 5.65. The maximum absolute atomic E-state index is 13.5. The van der Waals surface area contributed by atoms with Gasteiger partial charge < -0.3 is 4.74 Å². The van der Waals surface area contributed by atoms with E-state index < -0.39 is 17.6 Å². The second-order valence-electron chi connectivity index (χ2n) is 3.93. The molecule has 0 aliphatic heterocycles. The van der Waals surface area contributed by atoms with Gasteiger partial charge >= 0.3 is 5.97 Å². The number of benzene rings is 2. The van der Waals surface area contributed by atoms with E-state index in [2.05, 4.69) is 0 Å².